The van der Waals surface area contributed by atoms with Crippen LogP contribution in [-0.2, 0) is 6.42 Å². The minimum absolute atomic E-state index is 0.309. The molecule has 3 nitrogen and oxygen atoms in total. The zero-order valence-corrected chi connectivity index (χ0v) is 12.7. The van der Waals surface area contributed by atoms with Gasteiger partial charge in [0.25, 0.3) is 0 Å². The van der Waals surface area contributed by atoms with E-state index in [0.717, 1.165) is 13.0 Å². The number of benzene rings is 1. The molecule has 3 N–H and O–H groups in total. The third kappa shape index (κ3) is 4.94. The SMILES string of the molecule is Cc1ccc(CCN(C)CC(O)CCN)c(C)c1C. The zero-order chi connectivity index (χ0) is 14.4. The van der Waals surface area contributed by atoms with Gasteiger partial charge in [-0.1, -0.05) is 12.1 Å². The van der Waals surface area contributed by atoms with Crippen molar-refractivity contribution in [2.45, 2.75) is 39.7 Å². The third-order valence-electron chi connectivity index (χ3n) is 3.96. The van der Waals surface area contributed by atoms with Crippen LogP contribution in [0.3, 0.4) is 0 Å². The maximum absolute atomic E-state index is 9.73. The molecule has 1 atom stereocenters. The highest BCUT2D eigenvalue weighted by molar-refractivity contribution is 5.38. The average molecular weight is 264 g/mol. The Bertz CT molecular complexity index is 404. The molecule has 0 fully saturated rings. The summed E-state index contributed by atoms with van der Waals surface area (Å²) in [5, 5.41) is 9.73. The van der Waals surface area contributed by atoms with Crippen LogP contribution in [0.1, 0.15) is 28.7 Å². The van der Waals surface area contributed by atoms with Gasteiger partial charge in [0.2, 0.25) is 0 Å². The maximum atomic E-state index is 9.73. The Kier molecular flexibility index (Phi) is 6.49. The number of aryl methyl sites for hydroxylation is 1. The number of aliphatic hydroxyl groups is 1. The number of nitrogens with two attached hydrogens (primary N) is 1. The van der Waals surface area contributed by atoms with Crippen molar-refractivity contribution >= 4 is 0 Å². The van der Waals surface area contributed by atoms with Crippen LogP contribution in [0, 0.1) is 20.8 Å². The summed E-state index contributed by atoms with van der Waals surface area (Å²) < 4.78 is 0. The molecule has 1 aromatic carbocycles. The standard InChI is InChI=1S/C16H28N2O/c1-12-5-6-15(14(3)13(12)2)8-10-18(4)11-16(19)7-9-17/h5-6,16,19H,7-11,17H2,1-4H3. The van der Waals surface area contributed by atoms with Gasteiger partial charge in [0.1, 0.15) is 0 Å². The topological polar surface area (TPSA) is 49.5 Å². The van der Waals surface area contributed by atoms with E-state index in [0.29, 0.717) is 19.5 Å². The van der Waals surface area contributed by atoms with Gasteiger partial charge >= 0.3 is 0 Å². The highest BCUT2D eigenvalue weighted by Crippen LogP contribution is 2.17. The fourth-order valence-corrected chi connectivity index (χ4v) is 2.33. The molecule has 0 spiro atoms. The number of hydrogen-bond acceptors (Lipinski definition) is 3. The van der Waals surface area contributed by atoms with Crippen molar-refractivity contribution in [1.29, 1.82) is 0 Å². The Morgan fingerprint density at radius 1 is 1.21 bits per heavy atom. The largest absolute Gasteiger partial charge is 0.392 e. The van der Waals surface area contributed by atoms with Gasteiger partial charge in [-0.2, -0.15) is 0 Å². The summed E-state index contributed by atoms with van der Waals surface area (Å²) in [6.07, 6.45) is 1.39. The first-order valence-electron chi connectivity index (χ1n) is 7.08. The van der Waals surface area contributed by atoms with Crippen LogP contribution in [0.2, 0.25) is 0 Å². The Balaban J connectivity index is 2.51. The number of hydrogen-bond donors (Lipinski definition) is 2. The van der Waals surface area contributed by atoms with Crippen LogP contribution in [0.5, 0.6) is 0 Å². The summed E-state index contributed by atoms with van der Waals surface area (Å²) in [6, 6.07) is 4.42. The van der Waals surface area contributed by atoms with E-state index in [1.165, 1.54) is 22.3 Å². The van der Waals surface area contributed by atoms with Crippen LogP contribution in [0.25, 0.3) is 0 Å². The van der Waals surface area contributed by atoms with Crippen molar-refractivity contribution in [1.82, 2.24) is 4.90 Å². The van der Waals surface area contributed by atoms with Crippen molar-refractivity contribution in [3.8, 4) is 0 Å². The van der Waals surface area contributed by atoms with Gasteiger partial charge in [0.05, 0.1) is 6.10 Å². The summed E-state index contributed by atoms with van der Waals surface area (Å²) in [7, 11) is 2.05. The number of aliphatic hydroxyl groups excluding tert-OH is 1. The lowest BCUT2D eigenvalue weighted by molar-refractivity contribution is 0.120. The minimum Gasteiger partial charge on any atom is -0.392 e. The molecule has 108 valence electrons. The smallest absolute Gasteiger partial charge is 0.0679 e. The lowest BCUT2D eigenvalue weighted by Gasteiger charge is -2.21. The quantitative estimate of drug-likeness (QED) is 0.789. The fraction of sp³-hybridized carbons (Fsp3) is 0.625. The molecule has 0 saturated heterocycles. The monoisotopic (exact) mass is 264 g/mol. The van der Waals surface area contributed by atoms with Gasteiger partial charge in [0.15, 0.2) is 0 Å². The van der Waals surface area contributed by atoms with E-state index in [1.807, 2.05) is 0 Å². The second-order valence-electron chi connectivity index (χ2n) is 5.54. The second kappa shape index (κ2) is 7.63. The molecule has 1 unspecified atom stereocenters. The molecule has 0 amide bonds. The highest BCUT2D eigenvalue weighted by Gasteiger charge is 2.09. The minimum atomic E-state index is -0.309. The molecule has 0 aliphatic heterocycles. The van der Waals surface area contributed by atoms with Crippen molar-refractivity contribution in [3.63, 3.8) is 0 Å². The molecule has 0 heterocycles. The van der Waals surface area contributed by atoms with Gasteiger partial charge in [-0.25, -0.2) is 0 Å². The fourth-order valence-electron chi connectivity index (χ4n) is 2.33. The van der Waals surface area contributed by atoms with E-state index in [9.17, 15) is 5.11 Å². The number of likely N-dealkylation sites (N-methyl/N-ethyl adjacent to an activating group) is 1. The molecule has 1 aromatic rings. The predicted octanol–water partition coefficient (Wildman–Crippen LogP) is 1.80. The van der Waals surface area contributed by atoms with Crippen molar-refractivity contribution < 1.29 is 5.11 Å². The van der Waals surface area contributed by atoms with E-state index in [2.05, 4.69) is 44.9 Å². The normalized spacial score (nSPS) is 13.0. The molecule has 19 heavy (non-hydrogen) atoms. The van der Waals surface area contributed by atoms with Crippen LogP contribution < -0.4 is 5.73 Å². The van der Waals surface area contributed by atoms with Gasteiger partial charge < -0.3 is 15.7 Å². The van der Waals surface area contributed by atoms with Crippen LogP contribution in [0.15, 0.2) is 12.1 Å². The molecular weight excluding hydrogens is 236 g/mol. The Hall–Kier alpha value is -0.900. The third-order valence-corrected chi connectivity index (χ3v) is 3.96. The molecule has 0 aromatic heterocycles. The van der Waals surface area contributed by atoms with Crippen molar-refractivity contribution in [3.05, 3.63) is 34.4 Å². The first-order valence-corrected chi connectivity index (χ1v) is 7.08. The maximum Gasteiger partial charge on any atom is 0.0679 e. The molecule has 1 rings (SSSR count). The van der Waals surface area contributed by atoms with Crippen LogP contribution >= 0.6 is 0 Å². The number of nitrogens with zero attached hydrogens (tertiary/aromatic N) is 1. The van der Waals surface area contributed by atoms with E-state index < -0.39 is 0 Å². The van der Waals surface area contributed by atoms with E-state index >= 15 is 0 Å². The summed E-state index contributed by atoms with van der Waals surface area (Å²) in [6.45, 7) is 8.74. The van der Waals surface area contributed by atoms with E-state index in [-0.39, 0.29) is 6.10 Å². The first kappa shape index (κ1) is 16.2. The lowest BCUT2D eigenvalue weighted by atomic mass is 9.97. The second-order valence-corrected chi connectivity index (χ2v) is 5.54. The Morgan fingerprint density at radius 2 is 1.89 bits per heavy atom. The van der Waals surface area contributed by atoms with Crippen LogP contribution in [0.4, 0.5) is 0 Å². The van der Waals surface area contributed by atoms with Gasteiger partial charge in [-0.05, 0) is 69.5 Å². The molecule has 0 aliphatic rings. The molecule has 0 radical (unpaired) electrons. The molecule has 0 bridgehead atoms. The summed E-state index contributed by atoms with van der Waals surface area (Å²) in [5.74, 6) is 0. The van der Waals surface area contributed by atoms with Gasteiger partial charge in [-0.15, -0.1) is 0 Å². The summed E-state index contributed by atoms with van der Waals surface area (Å²) in [5.41, 5.74) is 11.0. The summed E-state index contributed by atoms with van der Waals surface area (Å²) >= 11 is 0. The van der Waals surface area contributed by atoms with E-state index in [1.54, 1.807) is 0 Å². The highest BCUT2D eigenvalue weighted by atomic mass is 16.3. The molecule has 0 saturated carbocycles. The molecule has 0 aliphatic carbocycles. The van der Waals surface area contributed by atoms with Gasteiger partial charge in [0, 0.05) is 13.1 Å². The molecular formula is C16H28N2O. The lowest BCUT2D eigenvalue weighted by Crippen LogP contribution is -2.32. The van der Waals surface area contributed by atoms with Crippen LogP contribution in [-0.4, -0.2) is 42.8 Å². The Morgan fingerprint density at radius 3 is 2.53 bits per heavy atom. The average Bonchev–Trinajstić information content (AvgIpc) is 2.35. The van der Waals surface area contributed by atoms with Crippen molar-refractivity contribution in [2.24, 2.45) is 5.73 Å². The molecule has 3 heteroatoms. The zero-order valence-electron chi connectivity index (χ0n) is 12.7. The Labute approximate surface area is 117 Å². The summed E-state index contributed by atoms with van der Waals surface area (Å²) in [4.78, 5) is 2.18. The predicted molar refractivity (Wildman–Crippen MR) is 81.5 cm³/mol. The van der Waals surface area contributed by atoms with Gasteiger partial charge in [-0.3, -0.25) is 0 Å². The van der Waals surface area contributed by atoms with Crippen molar-refractivity contribution in [2.75, 3.05) is 26.7 Å². The first-order chi connectivity index (χ1) is 8.95. The number of rotatable bonds is 7. The van der Waals surface area contributed by atoms with E-state index in [4.69, 9.17) is 5.73 Å².